The number of sulfonamides is 3. The van der Waals surface area contributed by atoms with Gasteiger partial charge in [0.25, 0.3) is 30.1 Å². The first-order valence-corrected chi connectivity index (χ1v) is 21.3. The van der Waals surface area contributed by atoms with E-state index in [1.807, 2.05) is 13.8 Å². The van der Waals surface area contributed by atoms with E-state index in [-0.39, 0.29) is 19.8 Å². The Kier molecular flexibility index (Phi) is 8.13. The summed E-state index contributed by atoms with van der Waals surface area (Å²) in [5.41, 5.74) is 3.64. The summed E-state index contributed by atoms with van der Waals surface area (Å²) in [4.78, 5) is 5.82. The molecule has 2 aliphatic heterocycles. The van der Waals surface area contributed by atoms with Crippen molar-refractivity contribution in [2.24, 2.45) is 0 Å². The van der Waals surface area contributed by atoms with Gasteiger partial charge in [0, 0.05) is 28.4 Å². The smallest absolute Gasteiger partial charge is 0.266 e. The maximum atomic E-state index is 14.9. The molecule has 15 heteroatoms. The molecule has 2 unspecified atom stereocenters. The average molecular weight is 770 g/mol. The minimum absolute atomic E-state index is 0.0531. The highest BCUT2D eigenvalue weighted by Crippen LogP contribution is 2.57. The van der Waals surface area contributed by atoms with Crippen molar-refractivity contribution >= 4 is 63.6 Å². The van der Waals surface area contributed by atoms with Crippen LogP contribution in [0.1, 0.15) is 34.6 Å². The number of thiazole rings is 1. The van der Waals surface area contributed by atoms with Crippen LogP contribution >= 0.6 is 11.3 Å². The number of fused-ring (bicyclic) bond motifs is 6. The second-order valence-electron chi connectivity index (χ2n) is 12.4. The van der Waals surface area contributed by atoms with Gasteiger partial charge in [0.2, 0.25) is 0 Å². The second-order valence-corrected chi connectivity index (χ2v) is 18.6. The van der Waals surface area contributed by atoms with Crippen LogP contribution in [0.2, 0.25) is 0 Å². The lowest BCUT2D eigenvalue weighted by molar-refractivity contribution is 0.482. The van der Waals surface area contributed by atoms with Crippen LogP contribution in [0.3, 0.4) is 0 Å². The highest BCUT2D eigenvalue weighted by atomic mass is 32.2. The zero-order valence-electron chi connectivity index (χ0n) is 27.7. The molecular weight excluding hydrogens is 739 g/mol. The van der Waals surface area contributed by atoms with Crippen molar-refractivity contribution in [2.75, 3.05) is 18.2 Å². The van der Waals surface area contributed by atoms with Crippen LogP contribution < -0.4 is 18.2 Å². The van der Waals surface area contributed by atoms with Gasteiger partial charge < -0.3 is 4.90 Å². The zero-order chi connectivity index (χ0) is 36.4. The molecule has 0 radical (unpaired) electrons. The van der Waals surface area contributed by atoms with E-state index in [9.17, 15) is 25.3 Å². The van der Waals surface area contributed by atoms with Gasteiger partial charge in [0.05, 0.1) is 26.1 Å². The average Bonchev–Trinajstić information content (AvgIpc) is 3.64. The summed E-state index contributed by atoms with van der Waals surface area (Å²) in [6, 6.07) is 32.8. The van der Waals surface area contributed by atoms with Crippen LogP contribution in [0.4, 0.5) is 22.2 Å². The molecule has 52 heavy (non-hydrogen) atoms. The number of benzene rings is 5. The minimum Gasteiger partial charge on any atom is -0.320 e. The van der Waals surface area contributed by atoms with Crippen molar-refractivity contribution in [1.82, 2.24) is 4.98 Å². The Morgan fingerprint density at radius 2 is 1.02 bits per heavy atom. The van der Waals surface area contributed by atoms with Crippen LogP contribution in [0.5, 0.6) is 0 Å². The fraction of sp³-hybridized carbons (Fsp3) is 0.108. The third kappa shape index (κ3) is 5.51. The molecular formula is C37H31N5O6S4. The Morgan fingerprint density at radius 1 is 0.577 bits per heavy atom. The third-order valence-electron chi connectivity index (χ3n) is 9.13. The molecule has 8 rings (SSSR count). The molecule has 0 fully saturated rings. The molecule has 0 spiro atoms. The van der Waals surface area contributed by atoms with Crippen molar-refractivity contribution in [1.29, 1.82) is 0 Å². The lowest BCUT2D eigenvalue weighted by atomic mass is 9.95. The summed E-state index contributed by atoms with van der Waals surface area (Å²) < 4.78 is 91.3. The molecule has 2 atom stereocenters. The van der Waals surface area contributed by atoms with Gasteiger partial charge >= 0.3 is 0 Å². The first-order chi connectivity index (χ1) is 24.9. The SMILES string of the molecule is Cc1ccc(S(=O)(=O)N2c3ccccc3C3N(c4ccc(S(=O)(=O)Nc5nccs5)cc4)C2c2ccccc2N3S(=O)(=O)c2ccc(C)cc2)cc1. The van der Waals surface area contributed by atoms with Gasteiger partial charge in [-0.25, -0.2) is 38.8 Å². The number of para-hydroxylation sites is 2. The van der Waals surface area contributed by atoms with Gasteiger partial charge in [0.1, 0.15) is 12.3 Å². The maximum absolute atomic E-state index is 14.9. The molecule has 0 aliphatic carbocycles. The van der Waals surface area contributed by atoms with Crippen molar-refractivity contribution < 1.29 is 25.3 Å². The number of aromatic nitrogens is 1. The van der Waals surface area contributed by atoms with E-state index < -0.39 is 42.4 Å². The fourth-order valence-corrected chi connectivity index (χ4v) is 11.7. The summed E-state index contributed by atoms with van der Waals surface area (Å²) in [5.74, 6) is 0. The predicted octanol–water partition coefficient (Wildman–Crippen LogP) is 7.18. The lowest BCUT2D eigenvalue weighted by Crippen LogP contribution is -2.59. The molecule has 0 saturated heterocycles. The van der Waals surface area contributed by atoms with E-state index in [1.54, 1.807) is 119 Å². The van der Waals surface area contributed by atoms with Crippen LogP contribution in [-0.4, -0.2) is 30.2 Å². The summed E-state index contributed by atoms with van der Waals surface area (Å²) in [6.45, 7) is 3.74. The molecule has 1 N–H and O–H groups in total. The number of anilines is 4. The Balaban J connectivity index is 1.38. The topological polar surface area (TPSA) is 137 Å². The third-order valence-corrected chi connectivity index (χ3v) is 14.9. The van der Waals surface area contributed by atoms with E-state index in [4.69, 9.17) is 0 Å². The molecule has 2 bridgehead atoms. The number of nitrogens with one attached hydrogen (secondary N) is 1. The van der Waals surface area contributed by atoms with E-state index in [1.165, 1.54) is 26.9 Å². The number of rotatable bonds is 8. The Hall–Kier alpha value is -5.22. The standard InChI is InChI=1S/C37H31N5O6S4/c1-25-11-17-29(18-12-25)51(45,46)41-33-9-5-3-7-31(33)36-40(27-15-21-28(22-16-27)50(43,44)39-37-38-23-24-49-37)35(41)32-8-4-6-10-34(32)42(36)52(47,48)30-19-13-26(2)14-20-30/h3-24,35-36H,1-2H3,(H,38,39). The molecule has 3 heterocycles. The van der Waals surface area contributed by atoms with Gasteiger partial charge in [0.15, 0.2) is 5.13 Å². The Morgan fingerprint density at radius 3 is 1.46 bits per heavy atom. The van der Waals surface area contributed by atoms with Crippen molar-refractivity contribution in [2.45, 2.75) is 40.9 Å². The van der Waals surface area contributed by atoms with Crippen LogP contribution in [-0.2, 0) is 30.1 Å². The van der Waals surface area contributed by atoms with E-state index >= 15 is 0 Å². The molecule has 0 amide bonds. The van der Waals surface area contributed by atoms with E-state index in [0.717, 1.165) is 22.5 Å². The van der Waals surface area contributed by atoms with Crippen molar-refractivity contribution in [3.05, 3.63) is 155 Å². The fourth-order valence-electron chi connectivity index (χ4n) is 6.69. The van der Waals surface area contributed by atoms with Gasteiger partial charge in [-0.15, -0.1) is 11.3 Å². The first kappa shape index (κ1) is 33.9. The molecule has 0 saturated carbocycles. The Labute approximate surface area is 306 Å². The molecule has 11 nitrogen and oxygen atoms in total. The van der Waals surface area contributed by atoms with E-state index in [2.05, 4.69) is 9.71 Å². The number of aryl methyl sites for hydroxylation is 2. The van der Waals surface area contributed by atoms with Crippen molar-refractivity contribution in [3.8, 4) is 0 Å². The molecule has 264 valence electrons. The first-order valence-electron chi connectivity index (χ1n) is 16.1. The number of hydrogen-bond acceptors (Lipinski definition) is 9. The van der Waals surface area contributed by atoms with E-state index in [0.29, 0.717) is 28.2 Å². The van der Waals surface area contributed by atoms with Crippen molar-refractivity contribution in [3.63, 3.8) is 0 Å². The number of nitrogens with zero attached hydrogens (tertiary/aromatic N) is 4. The summed E-state index contributed by atoms with van der Waals surface area (Å²) in [7, 11) is -12.6. The molecule has 2 aliphatic rings. The van der Waals surface area contributed by atoms with Gasteiger partial charge in [-0.1, -0.05) is 71.8 Å². The highest BCUT2D eigenvalue weighted by Gasteiger charge is 2.54. The summed E-state index contributed by atoms with van der Waals surface area (Å²) in [6.07, 6.45) is -0.672. The number of hydrogen-bond donors (Lipinski definition) is 1. The van der Waals surface area contributed by atoms with Crippen LogP contribution in [0, 0.1) is 13.8 Å². The predicted molar refractivity (Wildman–Crippen MR) is 202 cm³/mol. The highest BCUT2D eigenvalue weighted by molar-refractivity contribution is 7.93. The zero-order valence-corrected chi connectivity index (χ0v) is 31.0. The second kappa shape index (κ2) is 12.5. The minimum atomic E-state index is -4.28. The molecule has 5 aromatic carbocycles. The van der Waals surface area contributed by atoms with Gasteiger partial charge in [-0.3, -0.25) is 4.72 Å². The summed E-state index contributed by atoms with van der Waals surface area (Å²) in [5, 5.41) is 1.86. The van der Waals surface area contributed by atoms with Gasteiger partial charge in [-0.05, 0) is 74.5 Å². The van der Waals surface area contributed by atoms with Crippen LogP contribution in [0.15, 0.2) is 148 Å². The summed E-state index contributed by atoms with van der Waals surface area (Å²) >= 11 is 1.14. The quantitative estimate of drug-likeness (QED) is 0.172. The monoisotopic (exact) mass is 769 g/mol. The molecule has 1 aromatic heterocycles. The van der Waals surface area contributed by atoms with Gasteiger partial charge in [-0.2, -0.15) is 0 Å². The lowest BCUT2D eigenvalue weighted by Gasteiger charge is -2.56. The molecule has 6 aromatic rings. The normalized spacial score (nSPS) is 17.0. The Bertz CT molecular complexity index is 2500. The maximum Gasteiger partial charge on any atom is 0.266 e. The van der Waals surface area contributed by atoms with Crippen LogP contribution in [0.25, 0.3) is 0 Å². The largest absolute Gasteiger partial charge is 0.320 e.